The topological polar surface area (TPSA) is 53.1 Å². The average molecular weight is 271 g/mol. The minimum Gasteiger partial charge on any atom is -0.497 e. The molecule has 2 aromatic rings. The van der Waals surface area contributed by atoms with Gasteiger partial charge in [0.25, 0.3) is 0 Å². The number of hydrogen-bond donors (Lipinski definition) is 1. The van der Waals surface area contributed by atoms with Gasteiger partial charge in [0.15, 0.2) is 0 Å². The summed E-state index contributed by atoms with van der Waals surface area (Å²) in [5, 5.41) is 0. The molecule has 2 unspecified atom stereocenters. The number of imidazole rings is 1. The molecule has 3 rings (SSSR count). The van der Waals surface area contributed by atoms with Crippen LogP contribution in [0.5, 0.6) is 5.75 Å². The molecular formula is C16H21N3O. The lowest BCUT2D eigenvalue weighted by atomic mass is 10.1. The third-order valence-corrected chi connectivity index (χ3v) is 4.13. The lowest BCUT2D eigenvalue weighted by molar-refractivity contribution is 0.411. The first-order valence-corrected chi connectivity index (χ1v) is 7.07. The number of aromatic nitrogens is 2. The first kappa shape index (κ1) is 13.2. The van der Waals surface area contributed by atoms with Gasteiger partial charge >= 0.3 is 0 Å². The molecule has 4 heteroatoms. The van der Waals surface area contributed by atoms with E-state index in [1.54, 1.807) is 7.11 Å². The predicted molar refractivity (Wildman–Crippen MR) is 79.0 cm³/mol. The maximum atomic E-state index is 6.47. The van der Waals surface area contributed by atoms with Crippen LogP contribution in [0.4, 0.5) is 0 Å². The fourth-order valence-electron chi connectivity index (χ4n) is 3.08. The maximum Gasteiger partial charge on any atom is 0.119 e. The molecule has 0 radical (unpaired) electrons. The lowest BCUT2D eigenvalue weighted by Gasteiger charge is -2.21. The van der Waals surface area contributed by atoms with Crippen LogP contribution in [-0.2, 0) is 6.42 Å². The van der Waals surface area contributed by atoms with E-state index in [0.717, 1.165) is 18.0 Å². The molecule has 20 heavy (non-hydrogen) atoms. The first-order chi connectivity index (χ1) is 9.61. The Kier molecular flexibility index (Phi) is 3.26. The van der Waals surface area contributed by atoms with Crippen LogP contribution in [0.3, 0.4) is 0 Å². The van der Waals surface area contributed by atoms with Gasteiger partial charge in [0, 0.05) is 18.3 Å². The Hall–Kier alpha value is -1.81. The molecule has 1 aliphatic rings. The molecule has 0 aliphatic heterocycles. The summed E-state index contributed by atoms with van der Waals surface area (Å²) in [5.74, 6) is 2.37. The quantitative estimate of drug-likeness (QED) is 0.934. The Balaban J connectivity index is 1.97. The third-order valence-electron chi connectivity index (χ3n) is 4.13. The predicted octanol–water partition coefficient (Wildman–Crippen LogP) is 2.81. The summed E-state index contributed by atoms with van der Waals surface area (Å²) in [6, 6.07) is 6.43. The van der Waals surface area contributed by atoms with Gasteiger partial charge in [0.1, 0.15) is 11.6 Å². The van der Waals surface area contributed by atoms with E-state index in [4.69, 9.17) is 10.5 Å². The fourth-order valence-corrected chi connectivity index (χ4v) is 3.08. The SMILES string of the molecule is COc1ccc2c(c1)C(N)C(n1ccnc1C(C)C)C2. The van der Waals surface area contributed by atoms with Crippen LogP contribution in [0.15, 0.2) is 30.6 Å². The van der Waals surface area contributed by atoms with Crippen molar-refractivity contribution < 1.29 is 4.74 Å². The van der Waals surface area contributed by atoms with E-state index in [0.29, 0.717) is 5.92 Å². The molecule has 4 nitrogen and oxygen atoms in total. The standard InChI is InChI=1S/C16H21N3O/c1-10(2)16-18-6-7-19(16)14-8-11-4-5-12(20-3)9-13(11)15(14)17/h4-7,9-10,14-15H,8,17H2,1-3H3. The third kappa shape index (κ3) is 2.00. The van der Waals surface area contributed by atoms with Crippen LogP contribution in [0.25, 0.3) is 0 Å². The summed E-state index contributed by atoms with van der Waals surface area (Å²) in [6.07, 6.45) is 4.87. The summed E-state index contributed by atoms with van der Waals surface area (Å²) in [7, 11) is 1.69. The second-order valence-corrected chi connectivity index (χ2v) is 5.71. The largest absolute Gasteiger partial charge is 0.497 e. The molecule has 0 spiro atoms. The number of nitrogens with two attached hydrogens (primary N) is 1. The van der Waals surface area contributed by atoms with Gasteiger partial charge in [-0.15, -0.1) is 0 Å². The van der Waals surface area contributed by atoms with E-state index in [1.807, 2.05) is 18.5 Å². The van der Waals surface area contributed by atoms with Gasteiger partial charge < -0.3 is 15.0 Å². The molecule has 1 aliphatic carbocycles. The minimum absolute atomic E-state index is 0.00759. The monoisotopic (exact) mass is 271 g/mol. The molecule has 0 fully saturated rings. The number of methoxy groups -OCH3 is 1. The van der Waals surface area contributed by atoms with Crippen LogP contribution in [0.1, 0.15) is 48.8 Å². The molecule has 1 aromatic carbocycles. The van der Waals surface area contributed by atoms with Crippen molar-refractivity contribution in [1.29, 1.82) is 0 Å². The number of hydrogen-bond acceptors (Lipinski definition) is 3. The molecule has 0 saturated carbocycles. The molecule has 0 amide bonds. The maximum absolute atomic E-state index is 6.47. The zero-order valence-corrected chi connectivity index (χ0v) is 12.2. The van der Waals surface area contributed by atoms with Gasteiger partial charge in [-0.25, -0.2) is 4.98 Å². The van der Waals surface area contributed by atoms with Crippen molar-refractivity contribution in [2.24, 2.45) is 5.73 Å². The molecule has 0 saturated heterocycles. The molecule has 1 aromatic heterocycles. The number of nitrogens with zero attached hydrogens (tertiary/aromatic N) is 2. The van der Waals surface area contributed by atoms with Gasteiger partial charge in [-0.3, -0.25) is 0 Å². The van der Waals surface area contributed by atoms with Crippen LogP contribution >= 0.6 is 0 Å². The zero-order chi connectivity index (χ0) is 14.3. The second-order valence-electron chi connectivity index (χ2n) is 5.71. The molecule has 2 atom stereocenters. The second kappa shape index (κ2) is 4.94. The van der Waals surface area contributed by atoms with Gasteiger partial charge in [0.05, 0.1) is 19.2 Å². The fraction of sp³-hybridized carbons (Fsp3) is 0.438. The number of benzene rings is 1. The smallest absolute Gasteiger partial charge is 0.119 e. The van der Waals surface area contributed by atoms with Gasteiger partial charge in [0.2, 0.25) is 0 Å². The Morgan fingerprint density at radius 1 is 1.40 bits per heavy atom. The molecule has 2 N–H and O–H groups in total. The van der Waals surface area contributed by atoms with Crippen LogP contribution < -0.4 is 10.5 Å². The highest BCUT2D eigenvalue weighted by Crippen LogP contribution is 2.40. The van der Waals surface area contributed by atoms with E-state index in [9.17, 15) is 0 Å². The van der Waals surface area contributed by atoms with Crippen molar-refractivity contribution in [3.05, 3.63) is 47.5 Å². The van der Waals surface area contributed by atoms with Crippen molar-refractivity contribution in [3.63, 3.8) is 0 Å². The van der Waals surface area contributed by atoms with E-state index in [-0.39, 0.29) is 12.1 Å². The molecular weight excluding hydrogens is 250 g/mol. The molecule has 1 heterocycles. The van der Waals surface area contributed by atoms with E-state index in [2.05, 4.69) is 35.5 Å². The summed E-state index contributed by atoms with van der Waals surface area (Å²) >= 11 is 0. The highest BCUT2D eigenvalue weighted by Gasteiger charge is 2.32. The normalized spacial score (nSPS) is 21.2. The van der Waals surface area contributed by atoms with Crippen LogP contribution in [0, 0.1) is 0 Å². The zero-order valence-electron chi connectivity index (χ0n) is 12.2. The Morgan fingerprint density at radius 3 is 2.90 bits per heavy atom. The van der Waals surface area contributed by atoms with Crippen LogP contribution in [-0.4, -0.2) is 16.7 Å². The van der Waals surface area contributed by atoms with E-state index < -0.39 is 0 Å². The van der Waals surface area contributed by atoms with Crippen molar-refractivity contribution in [2.75, 3.05) is 7.11 Å². The Morgan fingerprint density at radius 2 is 2.20 bits per heavy atom. The van der Waals surface area contributed by atoms with Crippen molar-refractivity contribution >= 4 is 0 Å². The summed E-state index contributed by atoms with van der Waals surface area (Å²) in [4.78, 5) is 4.47. The highest BCUT2D eigenvalue weighted by molar-refractivity contribution is 5.42. The number of ether oxygens (including phenoxy) is 1. The van der Waals surface area contributed by atoms with Gasteiger partial charge in [-0.05, 0) is 29.7 Å². The van der Waals surface area contributed by atoms with Crippen molar-refractivity contribution in [2.45, 2.75) is 38.3 Å². The van der Waals surface area contributed by atoms with Crippen molar-refractivity contribution in [3.8, 4) is 5.75 Å². The van der Waals surface area contributed by atoms with E-state index >= 15 is 0 Å². The van der Waals surface area contributed by atoms with Crippen molar-refractivity contribution in [1.82, 2.24) is 9.55 Å². The average Bonchev–Trinajstić information content (AvgIpc) is 3.03. The Labute approximate surface area is 119 Å². The number of rotatable bonds is 3. The Bertz CT molecular complexity index is 618. The highest BCUT2D eigenvalue weighted by atomic mass is 16.5. The molecule has 106 valence electrons. The van der Waals surface area contributed by atoms with E-state index in [1.165, 1.54) is 11.1 Å². The minimum atomic E-state index is -0.00759. The summed E-state index contributed by atoms with van der Waals surface area (Å²) in [6.45, 7) is 4.32. The van der Waals surface area contributed by atoms with Gasteiger partial charge in [-0.2, -0.15) is 0 Å². The molecule has 0 bridgehead atoms. The summed E-state index contributed by atoms with van der Waals surface area (Å²) < 4.78 is 7.54. The van der Waals surface area contributed by atoms with Gasteiger partial charge in [-0.1, -0.05) is 19.9 Å². The lowest BCUT2D eigenvalue weighted by Crippen LogP contribution is -2.22. The summed E-state index contributed by atoms with van der Waals surface area (Å²) in [5.41, 5.74) is 8.97. The number of fused-ring (bicyclic) bond motifs is 1. The van der Waals surface area contributed by atoms with Crippen LogP contribution in [0.2, 0.25) is 0 Å². The first-order valence-electron chi connectivity index (χ1n) is 7.07.